The van der Waals surface area contributed by atoms with Crippen molar-refractivity contribution in [3.8, 4) is 0 Å². The highest BCUT2D eigenvalue weighted by Gasteiger charge is 2.06. The summed E-state index contributed by atoms with van der Waals surface area (Å²) < 4.78 is 13.3. The van der Waals surface area contributed by atoms with E-state index in [0.717, 1.165) is 10.9 Å². The van der Waals surface area contributed by atoms with Crippen LogP contribution in [0.2, 0.25) is 0 Å². The van der Waals surface area contributed by atoms with E-state index in [1.807, 2.05) is 12.3 Å². The molecule has 0 saturated carbocycles. The van der Waals surface area contributed by atoms with Crippen LogP contribution in [-0.4, -0.2) is 11.5 Å². The van der Waals surface area contributed by atoms with Gasteiger partial charge in [0.15, 0.2) is 0 Å². The van der Waals surface area contributed by atoms with Gasteiger partial charge in [0.25, 0.3) is 0 Å². The van der Waals surface area contributed by atoms with Crippen LogP contribution in [0.5, 0.6) is 0 Å². The van der Waals surface area contributed by atoms with E-state index in [1.54, 1.807) is 6.07 Å². The first-order valence-corrected chi connectivity index (χ1v) is 4.27. The second-order valence-electron chi connectivity index (χ2n) is 3.00. The Morgan fingerprint density at radius 2 is 2.15 bits per heavy atom. The van der Waals surface area contributed by atoms with Crippen molar-refractivity contribution >= 4 is 10.9 Å². The third-order valence-corrected chi connectivity index (χ3v) is 2.18. The van der Waals surface area contributed by atoms with Crippen LogP contribution < -0.4 is 5.73 Å². The molecule has 0 fully saturated rings. The van der Waals surface area contributed by atoms with E-state index in [0.29, 0.717) is 18.5 Å². The lowest BCUT2D eigenvalue weighted by Gasteiger charge is -2.02. The first-order chi connectivity index (χ1) is 6.33. The van der Waals surface area contributed by atoms with Crippen LogP contribution in [0, 0.1) is 5.82 Å². The average Bonchev–Trinajstić information content (AvgIpc) is 2.58. The van der Waals surface area contributed by atoms with E-state index >= 15 is 0 Å². The molecule has 0 saturated heterocycles. The molecule has 0 amide bonds. The van der Waals surface area contributed by atoms with Crippen molar-refractivity contribution in [2.24, 2.45) is 5.73 Å². The van der Waals surface area contributed by atoms with Gasteiger partial charge in [0, 0.05) is 17.1 Å². The van der Waals surface area contributed by atoms with Crippen molar-refractivity contribution in [3.05, 3.63) is 35.8 Å². The zero-order valence-electron chi connectivity index (χ0n) is 7.18. The lowest BCUT2D eigenvalue weighted by Crippen LogP contribution is -2.04. The van der Waals surface area contributed by atoms with Crippen molar-refractivity contribution in [2.75, 3.05) is 6.54 Å². The Labute approximate surface area is 75.6 Å². The number of H-pyrrole nitrogens is 1. The van der Waals surface area contributed by atoms with Gasteiger partial charge in [0.1, 0.15) is 5.82 Å². The minimum absolute atomic E-state index is 0.169. The van der Waals surface area contributed by atoms with Gasteiger partial charge < -0.3 is 10.7 Å². The minimum Gasteiger partial charge on any atom is -0.361 e. The van der Waals surface area contributed by atoms with Gasteiger partial charge in [0.05, 0.1) is 0 Å². The second-order valence-corrected chi connectivity index (χ2v) is 3.00. The summed E-state index contributed by atoms with van der Waals surface area (Å²) in [6, 6.07) is 5.10. The van der Waals surface area contributed by atoms with Gasteiger partial charge in [0.2, 0.25) is 0 Å². The lowest BCUT2D eigenvalue weighted by atomic mass is 10.1. The van der Waals surface area contributed by atoms with Crippen LogP contribution in [0.1, 0.15) is 5.56 Å². The van der Waals surface area contributed by atoms with Crippen molar-refractivity contribution in [2.45, 2.75) is 6.42 Å². The summed E-state index contributed by atoms with van der Waals surface area (Å²) in [5.74, 6) is -0.169. The highest BCUT2D eigenvalue weighted by Crippen LogP contribution is 2.20. The second kappa shape index (κ2) is 3.18. The Morgan fingerprint density at radius 1 is 1.31 bits per heavy atom. The van der Waals surface area contributed by atoms with Crippen LogP contribution in [-0.2, 0) is 6.42 Å². The molecule has 3 heteroatoms. The molecule has 68 valence electrons. The molecular formula is C10H11FN2. The summed E-state index contributed by atoms with van der Waals surface area (Å²) in [5.41, 5.74) is 7.08. The van der Waals surface area contributed by atoms with E-state index in [-0.39, 0.29) is 5.82 Å². The largest absolute Gasteiger partial charge is 0.361 e. The zero-order valence-corrected chi connectivity index (χ0v) is 7.18. The summed E-state index contributed by atoms with van der Waals surface area (Å²) in [5, 5.41) is 0.936. The van der Waals surface area contributed by atoms with Gasteiger partial charge in [-0.1, -0.05) is 0 Å². The number of benzene rings is 1. The molecular weight excluding hydrogens is 167 g/mol. The number of rotatable bonds is 2. The summed E-state index contributed by atoms with van der Waals surface area (Å²) in [4.78, 5) is 3.04. The predicted molar refractivity (Wildman–Crippen MR) is 51.0 cm³/mol. The standard InChI is InChI=1S/C10H11FN2/c11-9-1-2-10-8(4-6-13-10)7(9)3-5-12/h1-2,4,6,13H,3,5,12H2. The molecule has 1 aromatic carbocycles. The van der Waals surface area contributed by atoms with Crippen LogP contribution in [0.3, 0.4) is 0 Å². The molecule has 0 bridgehead atoms. The number of nitrogens with two attached hydrogens (primary N) is 1. The van der Waals surface area contributed by atoms with Gasteiger partial charge in [-0.3, -0.25) is 0 Å². The molecule has 0 aliphatic carbocycles. The number of aromatic amines is 1. The van der Waals surface area contributed by atoms with Crippen molar-refractivity contribution in [1.82, 2.24) is 4.98 Å². The Balaban J connectivity index is 2.66. The van der Waals surface area contributed by atoms with Crippen LogP contribution in [0.4, 0.5) is 4.39 Å². The van der Waals surface area contributed by atoms with E-state index < -0.39 is 0 Å². The molecule has 0 unspecified atom stereocenters. The maximum Gasteiger partial charge on any atom is 0.127 e. The minimum atomic E-state index is -0.169. The summed E-state index contributed by atoms with van der Waals surface area (Å²) in [7, 11) is 0. The monoisotopic (exact) mass is 178 g/mol. The molecule has 3 N–H and O–H groups in total. The lowest BCUT2D eigenvalue weighted by molar-refractivity contribution is 0.612. The highest BCUT2D eigenvalue weighted by atomic mass is 19.1. The van der Waals surface area contributed by atoms with E-state index in [9.17, 15) is 4.39 Å². The molecule has 0 spiro atoms. The van der Waals surface area contributed by atoms with Gasteiger partial charge >= 0.3 is 0 Å². The Kier molecular flexibility index (Phi) is 2.02. The first-order valence-electron chi connectivity index (χ1n) is 4.27. The molecule has 2 nitrogen and oxygen atoms in total. The SMILES string of the molecule is NCCc1c(F)ccc2[nH]ccc12. The summed E-state index contributed by atoms with van der Waals surface area (Å²) in [6.07, 6.45) is 2.39. The van der Waals surface area contributed by atoms with Gasteiger partial charge in [-0.2, -0.15) is 0 Å². The Bertz CT molecular complexity index is 420. The molecule has 0 atom stereocenters. The topological polar surface area (TPSA) is 41.8 Å². The molecule has 0 aliphatic rings. The van der Waals surface area contributed by atoms with Gasteiger partial charge in [-0.25, -0.2) is 4.39 Å². The molecule has 2 rings (SSSR count). The van der Waals surface area contributed by atoms with Gasteiger partial charge in [-0.05, 0) is 36.7 Å². The maximum atomic E-state index is 13.3. The normalized spacial score (nSPS) is 10.9. The quantitative estimate of drug-likeness (QED) is 0.723. The Hall–Kier alpha value is -1.35. The van der Waals surface area contributed by atoms with E-state index in [2.05, 4.69) is 4.98 Å². The van der Waals surface area contributed by atoms with Crippen molar-refractivity contribution in [1.29, 1.82) is 0 Å². The van der Waals surface area contributed by atoms with Crippen LogP contribution >= 0.6 is 0 Å². The van der Waals surface area contributed by atoms with E-state index in [4.69, 9.17) is 5.73 Å². The average molecular weight is 178 g/mol. The third-order valence-electron chi connectivity index (χ3n) is 2.18. The zero-order chi connectivity index (χ0) is 9.26. The Morgan fingerprint density at radius 3 is 2.92 bits per heavy atom. The third kappa shape index (κ3) is 1.31. The molecule has 1 aromatic heterocycles. The van der Waals surface area contributed by atoms with Crippen molar-refractivity contribution < 1.29 is 4.39 Å². The van der Waals surface area contributed by atoms with Gasteiger partial charge in [-0.15, -0.1) is 0 Å². The number of nitrogens with one attached hydrogen (secondary N) is 1. The molecule has 2 aromatic rings. The smallest absolute Gasteiger partial charge is 0.127 e. The fourth-order valence-corrected chi connectivity index (χ4v) is 1.57. The number of hydrogen-bond acceptors (Lipinski definition) is 1. The predicted octanol–water partition coefficient (Wildman–Crippen LogP) is 1.81. The maximum absolute atomic E-state index is 13.3. The molecule has 0 aliphatic heterocycles. The summed E-state index contributed by atoms with van der Waals surface area (Å²) >= 11 is 0. The molecule has 0 radical (unpaired) electrons. The van der Waals surface area contributed by atoms with Crippen molar-refractivity contribution in [3.63, 3.8) is 0 Å². The molecule has 1 heterocycles. The first kappa shape index (κ1) is 8.26. The van der Waals surface area contributed by atoms with Crippen LogP contribution in [0.25, 0.3) is 10.9 Å². The number of halogens is 1. The number of aromatic nitrogens is 1. The summed E-state index contributed by atoms with van der Waals surface area (Å²) in [6.45, 7) is 0.473. The highest BCUT2D eigenvalue weighted by molar-refractivity contribution is 5.83. The van der Waals surface area contributed by atoms with Crippen LogP contribution in [0.15, 0.2) is 24.4 Å². The fraction of sp³-hybridized carbons (Fsp3) is 0.200. The fourth-order valence-electron chi connectivity index (χ4n) is 1.57. The van der Waals surface area contributed by atoms with E-state index in [1.165, 1.54) is 6.07 Å². The number of fused-ring (bicyclic) bond motifs is 1. The molecule has 13 heavy (non-hydrogen) atoms. The number of hydrogen-bond donors (Lipinski definition) is 2.